The molecule has 0 unspecified atom stereocenters. The largest absolute Gasteiger partial charge is 0.378 e. The number of halogens is 3. The third-order valence-corrected chi connectivity index (χ3v) is 5.68. The molecule has 0 saturated heterocycles. The number of anilines is 2. The van der Waals surface area contributed by atoms with Crippen molar-refractivity contribution in [2.24, 2.45) is 0 Å². The third-order valence-electron chi connectivity index (χ3n) is 3.69. The molecule has 3 rings (SSSR count). The van der Waals surface area contributed by atoms with Crippen molar-refractivity contribution in [3.05, 3.63) is 70.3 Å². The maximum absolute atomic E-state index is 14.4. The van der Waals surface area contributed by atoms with Crippen LogP contribution >= 0.6 is 11.3 Å². The van der Waals surface area contributed by atoms with E-state index in [1.807, 2.05) is 4.72 Å². The Kier molecular flexibility index (Phi) is 5.38. The summed E-state index contributed by atoms with van der Waals surface area (Å²) in [6.07, 6.45) is 0. The summed E-state index contributed by atoms with van der Waals surface area (Å²) in [5.74, 6) is -3.05. The highest BCUT2D eigenvalue weighted by Gasteiger charge is 2.26. The number of aromatic nitrogens is 1. The second-order valence-electron chi connectivity index (χ2n) is 5.64. The average molecular weight is 413 g/mol. The Labute approximate surface area is 157 Å². The summed E-state index contributed by atoms with van der Waals surface area (Å²) in [6, 6.07) is 7.06. The minimum absolute atomic E-state index is 0.0200. The molecule has 0 aliphatic carbocycles. The first kappa shape index (κ1) is 19.2. The Morgan fingerprint density at radius 1 is 1.07 bits per heavy atom. The number of nitrogens with one attached hydrogen (secondary N) is 2. The van der Waals surface area contributed by atoms with Crippen LogP contribution in [0.15, 0.2) is 52.2 Å². The van der Waals surface area contributed by atoms with Gasteiger partial charge in [0.05, 0.1) is 11.6 Å². The zero-order valence-corrected chi connectivity index (χ0v) is 15.5. The molecule has 142 valence electrons. The number of hydrogen-bond acceptors (Lipinski definition) is 5. The summed E-state index contributed by atoms with van der Waals surface area (Å²) < 4.78 is 69.1. The predicted molar refractivity (Wildman–Crippen MR) is 97.7 cm³/mol. The van der Waals surface area contributed by atoms with Crippen LogP contribution < -0.4 is 10.0 Å². The van der Waals surface area contributed by atoms with Gasteiger partial charge in [-0.2, -0.15) is 0 Å². The summed E-state index contributed by atoms with van der Waals surface area (Å²) in [4.78, 5) is 2.61. The summed E-state index contributed by atoms with van der Waals surface area (Å²) in [5, 5.41) is 4.15. The van der Waals surface area contributed by atoms with E-state index in [-0.39, 0.29) is 11.5 Å². The summed E-state index contributed by atoms with van der Waals surface area (Å²) in [7, 11) is -4.49. The van der Waals surface area contributed by atoms with E-state index in [2.05, 4.69) is 10.3 Å². The number of rotatable bonds is 6. The van der Waals surface area contributed by atoms with Gasteiger partial charge in [-0.05, 0) is 25.1 Å². The van der Waals surface area contributed by atoms with Crippen LogP contribution in [-0.2, 0) is 10.0 Å². The minimum Gasteiger partial charge on any atom is -0.378 e. The summed E-state index contributed by atoms with van der Waals surface area (Å²) in [5.41, 5.74) is 1.66. The van der Waals surface area contributed by atoms with Gasteiger partial charge in [-0.1, -0.05) is 18.2 Å². The lowest BCUT2D eigenvalue weighted by Crippen LogP contribution is -2.17. The molecule has 27 heavy (non-hydrogen) atoms. The van der Waals surface area contributed by atoms with Gasteiger partial charge in [0.2, 0.25) is 0 Å². The van der Waals surface area contributed by atoms with Gasteiger partial charge in [-0.3, -0.25) is 4.72 Å². The quantitative estimate of drug-likeness (QED) is 0.623. The SMILES string of the molecule is C[C@H](Nc1cc(F)c(S(=O)(=O)Nc2cscn2)c(F)c1)c1ccccc1F. The average Bonchev–Trinajstić information content (AvgIpc) is 3.06. The lowest BCUT2D eigenvalue weighted by Gasteiger charge is -2.17. The van der Waals surface area contributed by atoms with Crippen molar-refractivity contribution in [3.63, 3.8) is 0 Å². The number of nitrogens with zero attached hydrogens (tertiary/aromatic N) is 1. The Morgan fingerprint density at radius 2 is 1.74 bits per heavy atom. The second kappa shape index (κ2) is 7.57. The van der Waals surface area contributed by atoms with Crippen molar-refractivity contribution in [1.29, 1.82) is 0 Å². The lowest BCUT2D eigenvalue weighted by molar-refractivity contribution is 0.521. The zero-order chi connectivity index (χ0) is 19.6. The Bertz CT molecular complexity index is 1030. The van der Waals surface area contributed by atoms with Crippen molar-refractivity contribution >= 4 is 32.9 Å². The standard InChI is InChI=1S/C17H14F3N3O2S2/c1-10(12-4-2-3-5-13(12)18)22-11-6-14(19)17(15(20)7-11)27(24,25)23-16-8-26-9-21-16/h2-10,22-23H,1H3/t10-/m0/s1. The van der Waals surface area contributed by atoms with Gasteiger partial charge in [-0.15, -0.1) is 11.3 Å². The fourth-order valence-electron chi connectivity index (χ4n) is 2.51. The fourth-order valence-corrected chi connectivity index (χ4v) is 4.18. The third kappa shape index (κ3) is 4.22. The molecule has 5 nitrogen and oxygen atoms in total. The Morgan fingerprint density at radius 3 is 2.33 bits per heavy atom. The van der Waals surface area contributed by atoms with Crippen molar-refractivity contribution in [2.45, 2.75) is 17.9 Å². The van der Waals surface area contributed by atoms with Gasteiger partial charge in [-0.25, -0.2) is 26.6 Å². The summed E-state index contributed by atoms with van der Waals surface area (Å²) in [6.45, 7) is 1.61. The monoisotopic (exact) mass is 413 g/mol. The molecule has 1 aromatic heterocycles. The molecule has 1 atom stereocenters. The minimum atomic E-state index is -4.49. The smallest absolute Gasteiger partial charge is 0.268 e. The molecule has 10 heteroatoms. The molecule has 2 aromatic carbocycles. The molecule has 0 radical (unpaired) electrons. The second-order valence-corrected chi connectivity index (χ2v) is 7.97. The summed E-state index contributed by atoms with van der Waals surface area (Å²) >= 11 is 1.13. The number of benzene rings is 2. The molecule has 0 amide bonds. The van der Waals surface area contributed by atoms with Crippen LogP contribution in [0.3, 0.4) is 0 Å². The normalized spacial score (nSPS) is 12.6. The van der Waals surface area contributed by atoms with E-state index in [4.69, 9.17) is 0 Å². The predicted octanol–water partition coefficient (Wildman–Crippen LogP) is 4.53. The highest BCUT2D eigenvalue weighted by atomic mass is 32.2. The van der Waals surface area contributed by atoms with E-state index in [1.165, 1.54) is 29.1 Å². The molecule has 2 N–H and O–H groups in total. The molecular weight excluding hydrogens is 399 g/mol. The van der Waals surface area contributed by atoms with E-state index in [0.717, 1.165) is 23.5 Å². The first-order valence-electron chi connectivity index (χ1n) is 7.69. The number of hydrogen-bond donors (Lipinski definition) is 2. The van der Waals surface area contributed by atoms with Crippen LogP contribution in [-0.4, -0.2) is 13.4 Å². The first-order valence-corrected chi connectivity index (χ1v) is 10.1. The van der Waals surface area contributed by atoms with Crippen LogP contribution in [0, 0.1) is 17.5 Å². The highest BCUT2D eigenvalue weighted by Crippen LogP contribution is 2.28. The molecule has 0 aliphatic heterocycles. The highest BCUT2D eigenvalue weighted by molar-refractivity contribution is 7.92. The molecule has 0 saturated carbocycles. The van der Waals surface area contributed by atoms with Crippen molar-refractivity contribution < 1.29 is 21.6 Å². The van der Waals surface area contributed by atoms with Crippen LogP contribution in [0.4, 0.5) is 24.7 Å². The maximum atomic E-state index is 14.4. The van der Waals surface area contributed by atoms with Crippen LogP contribution in [0.5, 0.6) is 0 Å². The van der Waals surface area contributed by atoms with Gasteiger partial charge in [0.1, 0.15) is 17.5 Å². The van der Waals surface area contributed by atoms with Gasteiger partial charge in [0.25, 0.3) is 10.0 Å². The number of thiazole rings is 1. The van der Waals surface area contributed by atoms with Gasteiger partial charge in [0.15, 0.2) is 10.7 Å². The first-order chi connectivity index (χ1) is 12.8. The maximum Gasteiger partial charge on any atom is 0.268 e. The van der Waals surface area contributed by atoms with Crippen molar-refractivity contribution in [1.82, 2.24) is 4.98 Å². The van der Waals surface area contributed by atoms with E-state index in [0.29, 0.717) is 5.56 Å². The van der Waals surface area contributed by atoms with Gasteiger partial charge in [0, 0.05) is 16.6 Å². The van der Waals surface area contributed by atoms with Gasteiger partial charge >= 0.3 is 0 Å². The Balaban J connectivity index is 1.88. The van der Waals surface area contributed by atoms with Crippen molar-refractivity contribution in [3.8, 4) is 0 Å². The molecule has 0 fully saturated rings. The fraction of sp³-hybridized carbons (Fsp3) is 0.118. The molecule has 3 aromatic rings. The molecule has 1 heterocycles. The Hall–Kier alpha value is -2.59. The molecule has 0 bridgehead atoms. The topological polar surface area (TPSA) is 71.1 Å². The zero-order valence-electron chi connectivity index (χ0n) is 13.9. The van der Waals surface area contributed by atoms with Crippen LogP contribution in [0.25, 0.3) is 0 Å². The molecule has 0 spiro atoms. The van der Waals surface area contributed by atoms with E-state index < -0.39 is 38.4 Å². The van der Waals surface area contributed by atoms with E-state index >= 15 is 0 Å². The van der Waals surface area contributed by atoms with Gasteiger partial charge < -0.3 is 5.32 Å². The lowest BCUT2D eigenvalue weighted by atomic mass is 10.1. The van der Waals surface area contributed by atoms with E-state index in [1.54, 1.807) is 13.0 Å². The number of sulfonamides is 1. The van der Waals surface area contributed by atoms with Crippen molar-refractivity contribution in [2.75, 3.05) is 10.0 Å². The van der Waals surface area contributed by atoms with Crippen LogP contribution in [0.1, 0.15) is 18.5 Å². The molecule has 0 aliphatic rings. The van der Waals surface area contributed by atoms with E-state index in [9.17, 15) is 21.6 Å². The van der Waals surface area contributed by atoms with Crippen LogP contribution in [0.2, 0.25) is 0 Å². The molecular formula is C17H14F3N3O2S2.